The SMILES string of the molecule is C[C@H](N[C@H]1CCCc2ccccc21)C(=O)Nc1ccc(F)c([N+](=O)[O-])c1. The van der Waals surface area contributed by atoms with E-state index in [-0.39, 0.29) is 17.6 Å². The van der Waals surface area contributed by atoms with Gasteiger partial charge in [0.05, 0.1) is 11.0 Å². The summed E-state index contributed by atoms with van der Waals surface area (Å²) in [7, 11) is 0. The molecule has 0 fully saturated rings. The van der Waals surface area contributed by atoms with Crippen LogP contribution in [0, 0.1) is 15.9 Å². The third kappa shape index (κ3) is 3.88. The van der Waals surface area contributed by atoms with Crippen LogP contribution < -0.4 is 10.6 Å². The molecule has 0 aromatic heterocycles. The second-order valence-electron chi connectivity index (χ2n) is 6.44. The Morgan fingerprint density at radius 3 is 2.85 bits per heavy atom. The lowest BCUT2D eigenvalue weighted by atomic mass is 9.87. The first kappa shape index (κ1) is 18.0. The molecule has 136 valence electrons. The van der Waals surface area contributed by atoms with Gasteiger partial charge in [0, 0.05) is 17.8 Å². The van der Waals surface area contributed by atoms with Gasteiger partial charge in [-0.3, -0.25) is 20.2 Å². The van der Waals surface area contributed by atoms with Gasteiger partial charge >= 0.3 is 5.69 Å². The number of amides is 1. The molecule has 0 saturated heterocycles. The van der Waals surface area contributed by atoms with Gasteiger partial charge in [-0.05, 0) is 49.4 Å². The summed E-state index contributed by atoms with van der Waals surface area (Å²) in [6.07, 6.45) is 3.03. The molecule has 1 amide bonds. The van der Waals surface area contributed by atoms with E-state index in [0.717, 1.165) is 31.4 Å². The summed E-state index contributed by atoms with van der Waals surface area (Å²) in [5.74, 6) is -1.26. The molecule has 2 N–H and O–H groups in total. The highest BCUT2D eigenvalue weighted by Crippen LogP contribution is 2.30. The van der Waals surface area contributed by atoms with Gasteiger partial charge in [-0.15, -0.1) is 0 Å². The fourth-order valence-electron chi connectivity index (χ4n) is 3.29. The minimum Gasteiger partial charge on any atom is -0.324 e. The van der Waals surface area contributed by atoms with Crippen molar-refractivity contribution in [1.82, 2.24) is 5.32 Å². The van der Waals surface area contributed by atoms with Crippen molar-refractivity contribution in [3.05, 3.63) is 69.5 Å². The first-order valence-corrected chi connectivity index (χ1v) is 8.54. The summed E-state index contributed by atoms with van der Waals surface area (Å²) < 4.78 is 13.4. The van der Waals surface area contributed by atoms with Crippen molar-refractivity contribution in [3.8, 4) is 0 Å². The molecule has 0 bridgehead atoms. The van der Waals surface area contributed by atoms with Gasteiger partial charge in [-0.1, -0.05) is 24.3 Å². The standard InChI is InChI=1S/C19H20FN3O3/c1-12(21-17-8-4-6-13-5-2-3-7-15(13)17)19(24)22-14-9-10-16(20)18(11-14)23(25)26/h2-3,5,7,9-12,17,21H,4,6,8H2,1H3,(H,22,24)/t12-,17-/m0/s1. The molecule has 0 radical (unpaired) electrons. The summed E-state index contributed by atoms with van der Waals surface area (Å²) in [5, 5.41) is 16.7. The van der Waals surface area contributed by atoms with E-state index in [1.165, 1.54) is 17.2 Å². The predicted molar refractivity (Wildman–Crippen MR) is 96.4 cm³/mol. The molecule has 26 heavy (non-hydrogen) atoms. The Labute approximate surface area is 150 Å². The zero-order valence-corrected chi connectivity index (χ0v) is 14.4. The van der Waals surface area contributed by atoms with Gasteiger partial charge in [0.1, 0.15) is 0 Å². The summed E-state index contributed by atoms with van der Waals surface area (Å²) in [6.45, 7) is 1.74. The number of hydrogen-bond donors (Lipinski definition) is 2. The van der Waals surface area contributed by atoms with E-state index in [0.29, 0.717) is 0 Å². The average molecular weight is 357 g/mol. The molecule has 2 aromatic rings. The van der Waals surface area contributed by atoms with Crippen LogP contribution in [0.2, 0.25) is 0 Å². The summed E-state index contributed by atoms with van der Waals surface area (Å²) >= 11 is 0. The smallest absolute Gasteiger partial charge is 0.306 e. The van der Waals surface area contributed by atoms with E-state index < -0.39 is 22.5 Å². The minimum absolute atomic E-state index is 0.0863. The van der Waals surface area contributed by atoms with Gasteiger partial charge in [0.2, 0.25) is 11.7 Å². The van der Waals surface area contributed by atoms with Crippen molar-refractivity contribution in [1.29, 1.82) is 0 Å². The predicted octanol–water partition coefficient (Wildman–Crippen LogP) is 3.73. The van der Waals surface area contributed by atoms with E-state index >= 15 is 0 Å². The van der Waals surface area contributed by atoms with Crippen molar-refractivity contribution in [2.45, 2.75) is 38.3 Å². The average Bonchev–Trinajstić information content (AvgIpc) is 2.63. The number of nitrogens with one attached hydrogen (secondary N) is 2. The highest BCUT2D eigenvalue weighted by Gasteiger charge is 2.24. The first-order chi connectivity index (χ1) is 12.5. The number of halogens is 1. The van der Waals surface area contributed by atoms with Crippen molar-refractivity contribution in [2.75, 3.05) is 5.32 Å². The minimum atomic E-state index is -0.932. The van der Waals surface area contributed by atoms with Crippen LogP contribution in [0.5, 0.6) is 0 Å². The Bertz CT molecular complexity index is 841. The number of rotatable bonds is 5. The molecule has 0 unspecified atom stereocenters. The first-order valence-electron chi connectivity index (χ1n) is 8.54. The number of carbonyl (C=O) groups is 1. The number of nitro groups is 1. The molecule has 1 aliphatic carbocycles. The van der Waals surface area contributed by atoms with Crippen LogP contribution >= 0.6 is 0 Å². The van der Waals surface area contributed by atoms with Crippen molar-refractivity contribution >= 4 is 17.3 Å². The number of nitrogens with zero attached hydrogens (tertiary/aromatic N) is 1. The Balaban J connectivity index is 1.68. The van der Waals surface area contributed by atoms with E-state index in [1.54, 1.807) is 6.92 Å². The number of aryl methyl sites for hydroxylation is 1. The van der Waals surface area contributed by atoms with Gasteiger partial charge in [-0.2, -0.15) is 4.39 Å². The molecule has 0 spiro atoms. The number of benzene rings is 2. The van der Waals surface area contributed by atoms with Crippen molar-refractivity contribution < 1.29 is 14.1 Å². The maximum absolute atomic E-state index is 13.4. The number of carbonyl (C=O) groups excluding carboxylic acids is 1. The molecular formula is C19H20FN3O3. The molecule has 0 aliphatic heterocycles. The quantitative estimate of drug-likeness (QED) is 0.631. The highest BCUT2D eigenvalue weighted by atomic mass is 19.1. The Kier molecular flexibility index (Phi) is 5.27. The zero-order valence-electron chi connectivity index (χ0n) is 14.4. The molecule has 2 atom stereocenters. The highest BCUT2D eigenvalue weighted by molar-refractivity contribution is 5.94. The number of hydrogen-bond acceptors (Lipinski definition) is 4. The summed E-state index contributed by atoms with van der Waals surface area (Å²) in [5.41, 5.74) is 2.03. The number of fused-ring (bicyclic) bond motifs is 1. The fraction of sp³-hybridized carbons (Fsp3) is 0.316. The largest absolute Gasteiger partial charge is 0.324 e. The zero-order chi connectivity index (χ0) is 18.7. The normalized spacial score (nSPS) is 17.2. The number of anilines is 1. The molecule has 0 saturated carbocycles. The Hall–Kier alpha value is -2.80. The van der Waals surface area contributed by atoms with Crippen LogP contribution in [0.4, 0.5) is 15.8 Å². The topological polar surface area (TPSA) is 84.3 Å². The second-order valence-corrected chi connectivity index (χ2v) is 6.44. The molecule has 2 aromatic carbocycles. The Morgan fingerprint density at radius 2 is 2.08 bits per heavy atom. The third-order valence-electron chi connectivity index (χ3n) is 4.62. The van der Waals surface area contributed by atoms with Gasteiger partial charge in [0.25, 0.3) is 0 Å². The summed E-state index contributed by atoms with van der Waals surface area (Å²) in [6, 6.07) is 11.1. The van der Waals surface area contributed by atoms with Crippen LogP contribution in [-0.2, 0) is 11.2 Å². The van der Waals surface area contributed by atoms with E-state index in [4.69, 9.17) is 0 Å². The third-order valence-corrected chi connectivity index (χ3v) is 4.62. The maximum atomic E-state index is 13.4. The lowest BCUT2D eigenvalue weighted by molar-refractivity contribution is -0.387. The van der Waals surface area contributed by atoms with E-state index in [1.807, 2.05) is 12.1 Å². The second kappa shape index (κ2) is 7.61. The maximum Gasteiger partial charge on any atom is 0.306 e. The van der Waals surface area contributed by atoms with Gasteiger partial charge in [-0.25, -0.2) is 0 Å². The van der Waals surface area contributed by atoms with Crippen molar-refractivity contribution in [3.63, 3.8) is 0 Å². The molecule has 1 aliphatic rings. The van der Waals surface area contributed by atoms with Crippen LogP contribution in [0.1, 0.15) is 36.9 Å². The molecular weight excluding hydrogens is 337 g/mol. The van der Waals surface area contributed by atoms with E-state index in [2.05, 4.69) is 22.8 Å². The van der Waals surface area contributed by atoms with Crippen LogP contribution in [-0.4, -0.2) is 16.9 Å². The fourth-order valence-corrected chi connectivity index (χ4v) is 3.29. The van der Waals surface area contributed by atoms with Gasteiger partial charge in [0.15, 0.2) is 0 Å². The molecule has 0 heterocycles. The summed E-state index contributed by atoms with van der Waals surface area (Å²) in [4.78, 5) is 22.4. The van der Waals surface area contributed by atoms with Crippen molar-refractivity contribution in [2.24, 2.45) is 0 Å². The Morgan fingerprint density at radius 1 is 1.31 bits per heavy atom. The lowest BCUT2D eigenvalue weighted by Crippen LogP contribution is -2.41. The monoisotopic (exact) mass is 357 g/mol. The van der Waals surface area contributed by atoms with Crippen LogP contribution in [0.3, 0.4) is 0 Å². The van der Waals surface area contributed by atoms with E-state index in [9.17, 15) is 19.3 Å². The molecule has 3 rings (SSSR count). The lowest BCUT2D eigenvalue weighted by Gasteiger charge is -2.28. The van der Waals surface area contributed by atoms with Gasteiger partial charge < -0.3 is 5.32 Å². The molecule has 6 nitrogen and oxygen atoms in total. The van der Waals surface area contributed by atoms with Crippen LogP contribution in [0.25, 0.3) is 0 Å². The molecule has 7 heteroatoms. The van der Waals surface area contributed by atoms with Crippen LogP contribution in [0.15, 0.2) is 42.5 Å². The number of nitro benzene ring substituents is 1.